The molecule has 0 fully saturated rings. The smallest absolute Gasteiger partial charge is 0.264 e. The summed E-state index contributed by atoms with van der Waals surface area (Å²) in [4.78, 5) is 27.7. The zero-order chi connectivity index (χ0) is 26.5. The van der Waals surface area contributed by atoms with Crippen LogP contribution in [0, 0.1) is 13.8 Å². The van der Waals surface area contributed by atoms with Gasteiger partial charge in [0.2, 0.25) is 11.8 Å². The third-order valence-corrected chi connectivity index (χ3v) is 8.33. The Morgan fingerprint density at radius 2 is 1.64 bits per heavy atom. The van der Waals surface area contributed by atoms with E-state index in [1.807, 2.05) is 44.2 Å². The molecule has 190 valence electrons. The van der Waals surface area contributed by atoms with Crippen molar-refractivity contribution in [2.24, 2.45) is 0 Å². The molecular weight excluding hydrogens is 542 g/mol. The molecule has 0 unspecified atom stereocenters. The van der Waals surface area contributed by atoms with E-state index in [9.17, 15) is 18.0 Å². The second-order valence-electron chi connectivity index (χ2n) is 8.54. The van der Waals surface area contributed by atoms with Gasteiger partial charge >= 0.3 is 0 Å². The van der Waals surface area contributed by atoms with Gasteiger partial charge in [-0.1, -0.05) is 52.3 Å². The number of hydrogen-bond acceptors (Lipinski definition) is 4. The van der Waals surface area contributed by atoms with Crippen molar-refractivity contribution in [1.29, 1.82) is 0 Å². The van der Waals surface area contributed by atoms with Crippen LogP contribution in [0.2, 0.25) is 0 Å². The quantitative estimate of drug-likeness (QED) is 0.411. The number of nitrogens with one attached hydrogen (secondary N) is 1. The van der Waals surface area contributed by atoms with Crippen molar-refractivity contribution < 1.29 is 18.0 Å². The summed E-state index contributed by atoms with van der Waals surface area (Å²) in [6.45, 7) is 5.13. The lowest BCUT2D eigenvalue weighted by atomic mass is 10.1. The van der Waals surface area contributed by atoms with Crippen LogP contribution in [0.5, 0.6) is 0 Å². The lowest BCUT2D eigenvalue weighted by Gasteiger charge is -2.32. The Morgan fingerprint density at radius 3 is 2.25 bits per heavy atom. The van der Waals surface area contributed by atoms with E-state index < -0.39 is 28.5 Å². The minimum Gasteiger partial charge on any atom is -0.357 e. The fourth-order valence-corrected chi connectivity index (χ4v) is 5.63. The molecule has 0 aromatic heterocycles. The van der Waals surface area contributed by atoms with Gasteiger partial charge in [-0.25, -0.2) is 8.42 Å². The molecule has 3 rings (SSSR count). The van der Waals surface area contributed by atoms with Crippen LogP contribution in [0.4, 0.5) is 5.69 Å². The fourth-order valence-electron chi connectivity index (χ4n) is 3.75. The summed E-state index contributed by atoms with van der Waals surface area (Å²) in [6, 6.07) is 19.9. The standard InChI is InChI=1S/C27H30BrN3O4S/c1-19-13-14-24(15-20(19)2)31(36(34,35)25-11-6-5-7-12-25)18-26(32)30(21(3)27(33)29-4)17-22-9-8-10-23(28)16-22/h5-16,21H,17-18H2,1-4H3,(H,29,33)/t21-/m1/s1. The van der Waals surface area contributed by atoms with Crippen molar-refractivity contribution in [2.75, 3.05) is 17.9 Å². The Kier molecular flexibility index (Phi) is 8.92. The Labute approximate surface area is 221 Å². The van der Waals surface area contributed by atoms with E-state index >= 15 is 0 Å². The number of rotatable bonds is 9. The number of likely N-dealkylation sites (N-methyl/N-ethyl adjacent to an activating group) is 1. The SMILES string of the molecule is CNC(=O)[C@@H](C)N(Cc1cccc(Br)c1)C(=O)CN(c1ccc(C)c(C)c1)S(=O)(=O)c1ccccc1. The largest absolute Gasteiger partial charge is 0.357 e. The molecule has 0 saturated heterocycles. The molecule has 0 saturated carbocycles. The highest BCUT2D eigenvalue weighted by Gasteiger charge is 2.32. The third kappa shape index (κ3) is 6.33. The number of aryl methyl sites for hydroxylation is 2. The van der Waals surface area contributed by atoms with Gasteiger partial charge in [0, 0.05) is 18.1 Å². The van der Waals surface area contributed by atoms with Crippen molar-refractivity contribution in [3.05, 3.63) is 94.0 Å². The van der Waals surface area contributed by atoms with Crippen molar-refractivity contribution >= 4 is 43.5 Å². The van der Waals surface area contributed by atoms with Crippen molar-refractivity contribution in [3.63, 3.8) is 0 Å². The maximum absolute atomic E-state index is 13.7. The first-order chi connectivity index (χ1) is 17.0. The lowest BCUT2D eigenvalue weighted by Crippen LogP contribution is -2.50. The van der Waals surface area contributed by atoms with Crippen LogP contribution in [0.15, 0.2) is 82.2 Å². The van der Waals surface area contributed by atoms with E-state index in [1.54, 1.807) is 37.3 Å². The molecule has 3 aromatic rings. The van der Waals surface area contributed by atoms with E-state index in [1.165, 1.54) is 24.1 Å². The molecule has 0 bridgehead atoms. The summed E-state index contributed by atoms with van der Waals surface area (Å²) < 4.78 is 29.4. The van der Waals surface area contributed by atoms with Crippen LogP contribution in [0.1, 0.15) is 23.6 Å². The van der Waals surface area contributed by atoms with Crippen LogP contribution in [-0.2, 0) is 26.2 Å². The van der Waals surface area contributed by atoms with Gasteiger partial charge in [-0.15, -0.1) is 0 Å². The predicted molar refractivity (Wildman–Crippen MR) is 145 cm³/mol. The van der Waals surface area contributed by atoms with Crippen LogP contribution in [-0.4, -0.2) is 44.8 Å². The van der Waals surface area contributed by atoms with Crippen LogP contribution < -0.4 is 9.62 Å². The van der Waals surface area contributed by atoms with Gasteiger partial charge < -0.3 is 10.2 Å². The molecule has 1 N–H and O–H groups in total. The molecule has 0 radical (unpaired) electrons. The number of carbonyl (C=O) groups excluding carboxylic acids is 2. The summed E-state index contributed by atoms with van der Waals surface area (Å²) >= 11 is 3.43. The highest BCUT2D eigenvalue weighted by molar-refractivity contribution is 9.10. The first-order valence-corrected chi connectivity index (χ1v) is 13.7. The molecule has 3 aromatic carbocycles. The minimum absolute atomic E-state index is 0.0777. The Bertz CT molecular complexity index is 1350. The van der Waals surface area contributed by atoms with Gasteiger partial charge in [-0.05, 0) is 73.9 Å². The van der Waals surface area contributed by atoms with Crippen LogP contribution >= 0.6 is 15.9 Å². The van der Waals surface area contributed by atoms with E-state index in [2.05, 4.69) is 21.2 Å². The van der Waals surface area contributed by atoms with Crippen molar-refractivity contribution in [1.82, 2.24) is 10.2 Å². The maximum atomic E-state index is 13.7. The summed E-state index contributed by atoms with van der Waals surface area (Å²) in [7, 11) is -2.56. The summed E-state index contributed by atoms with van der Waals surface area (Å²) in [6.07, 6.45) is 0. The zero-order valence-electron chi connectivity index (χ0n) is 20.7. The Morgan fingerprint density at radius 1 is 0.944 bits per heavy atom. The van der Waals surface area contributed by atoms with Gasteiger partial charge in [0.1, 0.15) is 12.6 Å². The number of amides is 2. The molecule has 1 atom stereocenters. The second-order valence-corrected chi connectivity index (χ2v) is 11.3. The van der Waals surface area contributed by atoms with Crippen LogP contribution in [0.25, 0.3) is 0 Å². The maximum Gasteiger partial charge on any atom is 0.264 e. The lowest BCUT2D eigenvalue weighted by molar-refractivity contribution is -0.139. The van der Waals surface area contributed by atoms with Gasteiger partial charge in [0.05, 0.1) is 10.6 Å². The topological polar surface area (TPSA) is 86.8 Å². The highest BCUT2D eigenvalue weighted by atomic mass is 79.9. The second kappa shape index (κ2) is 11.7. The number of halogens is 1. The molecule has 0 heterocycles. The van der Waals surface area contributed by atoms with Gasteiger partial charge in [-0.2, -0.15) is 0 Å². The Hall–Kier alpha value is -3.17. The number of sulfonamides is 1. The van der Waals surface area contributed by atoms with E-state index in [0.29, 0.717) is 5.69 Å². The fraction of sp³-hybridized carbons (Fsp3) is 0.259. The first-order valence-electron chi connectivity index (χ1n) is 11.4. The Balaban J connectivity index is 2.05. The highest BCUT2D eigenvalue weighted by Crippen LogP contribution is 2.26. The molecule has 0 aliphatic carbocycles. The normalized spacial score (nSPS) is 12.0. The minimum atomic E-state index is -4.07. The number of nitrogens with zero attached hydrogens (tertiary/aromatic N) is 2. The number of carbonyl (C=O) groups is 2. The van der Waals surface area contributed by atoms with Crippen molar-refractivity contribution in [3.8, 4) is 0 Å². The summed E-state index contributed by atoms with van der Waals surface area (Å²) in [5, 5.41) is 2.58. The zero-order valence-corrected chi connectivity index (χ0v) is 23.1. The predicted octanol–water partition coefficient (Wildman–Crippen LogP) is 4.42. The van der Waals surface area contributed by atoms with E-state index in [4.69, 9.17) is 0 Å². The third-order valence-electron chi connectivity index (χ3n) is 6.04. The molecule has 0 aliphatic heterocycles. The van der Waals surface area contributed by atoms with Gasteiger partial charge in [-0.3, -0.25) is 13.9 Å². The van der Waals surface area contributed by atoms with Crippen LogP contribution in [0.3, 0.4) is 0 Å². The molecule has 9 heteroatoms. The molecule has 0 aliphatic rings. The number of hydrogen-bond donors (Lipinski definition) is 1. The number of anilines is 1. The summed E-state index contributed by atoms with van der Waals surface area (Å²) in [5.41, 5.74) is 3.09. The first kappa shape index (κ1) is 27.4. The molecular formula is C27H30BrN3O4S. The van der Waals surface area contributed by atoms with Crippen molar-refractivity contribution in [2.45, 2.75) is 38.3 Å². The van der Waals surface area contributed by atoms with E-state index in [0.717, 1.165) is 25.5 Å². The summed E-state index contributed by atoms with van der Waals surface area (Å²) in [5.74, 6) is -0.842. The van der Waals surface area contributed by atoms with Gasteiger partial charge in [0.15, 0.2) is 0 Å². The van der Waals surface area contributed by atoms with Gasteiger partial charge in [0.25, 0.3) is 10.0 Å². The molecule has 36 heavy (non-hydrogen) atoms. The average molecular weight is 573 g/mol. The average Bonchev–Trinajstić information content (AvgIpc) is 2.87. The molecule has 0 spiro atoms. The monoisotopic (exact) mass is 571 g/mol. The molecule has 7 nitrogen and oxygen atoms in total. The molecule has 2 amide bonds. The number of benzene rings is 3. The van der Waals surface area contributed by atoms with E-state index in [-0.39, 0.29) is 17.3 Å².